The van der Waals surface area contributed by atoms with E-state index in [2.05, 4.69) is 58.3 Å². The zero-order valence-corrected chi connectivity index (χ0v) is 25.0. The van der Waals surface area contributed by atoms with Gasteiger partial charge in [-0.25, -0.2) is 5.43 Å². The van der Waals surface area contributed by atoms with Gasteiger partial charge in [-0.15, -0.1) is 0 Å². The number of ether oxygens (including phenoxy) is 3. The van der Waals surface area contributed by atoms with Gasteiger partial charge in [-0.1, -0.05) is 52.3 Å². The van der Waals surface area contributed by atoms with Crippen LogP contribution in [0.3, 0.4) is 0 Å². The van der Waals surface area contributed by atoms with Crippen molar-refractivity contribution in [2.24, 2.45) is 5.10 Å². The first-order valence-electron chi connectivity index (χ1n) is 11.5. The van der Waals surface area contributed by atoms with Crippen LogP contribution in [0.2, 0.25) is 0 Å². The fourth-order valence-corrected chi connectivity index (χ4v) is 5.15. The van der Waals surface area contributed by atoms with Gasteiger partial charge in [0.05, 0.1) is 22.3 Å². The van der Waals surface area contributed by atoms with Crippen molar-refractivity contribution in [1.29, 1.82) is 0 Å². The Hall–Kier alpha value is -3.14. The van der Waals surface area contributed by atoms with Crippen LogP contribution in [0.4, 0.5) is 0 Å². The zero-order valence-electron chi connectivity index (χ0n) is 20.3. The summed E-state index contributed by atoms with van der Waals surface area (Å²) < 4.78 is 19.9. The Morgan fingerprint density at radius 2 is 1.50 bits per heavy atom. The zero-order chi connectivity index (χ0) is 26.9. The Kier molecular flexibility index (Phi) is 9.98. The van der Waals surface area contributed by atoms with Gasteiger partial charge >= 0.3 is 0 Å². The molecule has 0 spiro atoms. The van der Waals surface area contributed by atoms with Crippen LogP contribution >= 0.6 is 47.8 Å². The van der Waals surface area contributed by atoms with Gasteiger partial charge in [0.2, 0.25) is 0 Å². The van der Waals surface area contributed by atoms with E-state index < -0.39 is 0 Å². The maximum absolute atomic E-state index is 12.2. The quantitative estimate of drug-likeness (QED) is 0.135. The number of methoxy groups -OCH3 is 1. The number of carbonyl (C=O) groups is 1. The third kappa shape index (κ3) is 7.69. The highest BCUT2D eigenvalue weighted by Gasteiger charge is 2.11. The highest BCUT2D eigenvalue weighted by Crippen LogP contribution is 2.36. The standard InChI is InChI=1S/C29H23Br3N2O4/c1-36-27-15-20(7-12-26(27)37-17-19-5-3-2-4-6-19)18-38-28-24(31)13-21(14-25(28)32)16-33-34-29(35)22-8-10-23(30)11-9-22/h2-16H,17-18H2,1H3,(H,34,35)/b33-16+. The number of hydrogen-bond donors (Lipinski definition) is 1. The van der Waals surface area contributed by atoms with Gasteiger partial charge < -0.3 is 14.2 Å². The van der Waals surface area contributed by atoms with Gasteiger partial charge in [0.1, 0.15) is 19.0 Å². The summed E-state index contributed by atoms with van der Waals surface area (Å²) in [6.07, 6.45) is 1.56. The van der Waals surface area contributed by atoms with Gasteiger partial charge in [-0.3, -0.25) is 4.79 Å². The lowest BCUT2D eigenvalue weighted by Crippen LogP contribution is -2.17. The van der Waals surface area contributed by atoms with E-state index >= 15 is 0 Å². The Bertz CT molecular complexity index is 1400. The van der Waals surface area contributed by atoms with Crippen molar-refractivity contribution in [3.05, 3.63) is 121 Å². The second-order valence-corrected chi connectivity index (χ2v) is 10.7. The lowest BCUT2D eigenvalue weighted by molar-refractivity contribution is 0.0955. The van der Waals surface area contributed by atoms with Crippen LogP contribution in [-0.4, -0.2) is 19.2 Å². The van der Waals surface area contributed by atoms with E-state index in [1.54, 1.807) is 37.6 Å². The molecule has 0 aromatic heterocycles. The molecule has 1 amide bonds. The molecule has 0 aliphatic rings. The lowest BCUT2D eigenvalue weighted by Gasteiger charge is -2.14. The molecule has 0 saturated carbocycles. The predicted octanol–water partition coefficient (Wildman–Crippen LogP) is 7.90. The normalized spacial score (nSPS) is 10.8. The van der Waals surface area contributed by atoms with Crippen LogP contribution in [0.15, 0.2) is 103 Å². The van der Waals surface area contributed by atoms with Crippen LogP contribution in [-0.2, 0) is 13.2 Å². The van der Waals surface area contributed by atoms with Crippen LogP contribution in [0, 0.1) is 0 Å². The number of benzene rings is 4. The Morgan fingerprint density at radius 3 is 2.18 bits per heavy atom. The smallest absolute Gasteiger partial charge is 0.271 e. The molecule has 194 valence electrons. The minimum absolute atomic E-state index is 0.293. The molecule has 6 nitrogen and oxygen atoms in total. The summed E-state index contributed by atoms with van der Waals surface area (Å²) in [5.41, 5.74) is 5.83. The van der Waals surface area contributed by atoms with Crippen molar-refractivity contribution in [3.8, 4) is 17.2 Å². The van der Waals surface area contributed by atoms with E-state index in [0.717, 1.165) is 30.1 Å². The molecule has 0 bridgehead atoms. The van der Waals surface area contributed by atoms with Gasteiger partial charge in [0.25, 0.3) is 5.91 Å². The molecule has 1 N–H and O–H groups in total. The SMILES string of the molecule is COc1cc(COc2c(Br)cc(/C=N/NC(=O)c3ccc(Br)cc3)cc2Br)ccc1OCc1ccccc1. The molecule has 0 aliphatic carbocycles. The summed E-state index contributed by atoms with van der Waals surface area (Å²) in [6, 6.07) is 26.4. The summed E-state index contributed by atoms with van der Waals surface area (Å²) in [6.45, 7) is 0.777. The van der Waals surface area contributed by atoms with E-state index in [1.807, 2.05) is 60.7 Å². The number of amides is 1. The largest absolute Gasteiger partial charge is 0.493 e. The molecule has 0 atom stereocenters. The maximum atomic E-state index is 12.2. The van der Waals surface area contributed by atoms with Gasteiger partial charge in [0.15, 0.2) is 11.5 Å². The van der Waals surface area contributed by atoms with E-state index in [4.69, 9.17) is 14.2 Å². The molecule has 4 aromatic carbocycles. The first-order valence-corrected chi connectivity index (χ1v) is 13.9. The van der Waals surface area contributed by atoms with Crippen molar-refractivity contribution in [1.82, 2.24) is 5.43 Å². The fourth-order valence-electron chi connectivity index (χ4n) is 3.44. The van der Waals surface area contributed by atoms with E-state index in [9.17, 15) is 4.79 Å². The number of carbonyl (C=O) groups excluding carboxylic acids is 1. The van der Waals surface area contributed by atoms with Crippen LogP contribution < -0.4 is 19.6 Å². The number of nitrogens with zero attached hydrogens (tertiary/aromatic N) is 1. The molecule has 9 heteroatoms. The summed E-state index contributed by atoms with van der Waals surface area (Å²) in [7, 11) is 1.62. The topological polar surface area (TPSA) is 69.2 Å². The number of hydrazone groups is 1. The van der Waals surface area contributed by atoms with E-state index in [-0.39, 0.29) is 5.91 Å². The van der Waals surface area contributed by atoms with E-state index in [1.165, 1.54) is 0 Å². The summed E-state index contributed by atoms with van der Waals surface area (Å²) in [5.74, 6) is 1.65. The van der Waals surface area contributed by atoms with Crippen LogP contribution in [0.25, 0.3) is 0 Å². The van der Waals surface area contributed by atoms with Gasteiger partial charge in [-0.2, -0.15) is 5.10 Å². The Labute approximate surface area is 246 Å². The van der Waals surface area contributed by atoms with Crippen LogP contribution in [0.1, 0.15) is 27.0 Å². The monoisotopic (exact) mass is 700 g/mol. The lowest BCUT2D eigenvalue weighted by atomic mass is 10.2. The van der Waals surface area contributed by atoms with Crippen molar-refractivity contribution in [2.45, 2.75) is 13.2 Å². The van der Waals surface area contributed by atoms with Gasteiger partial charge in [-0.05, 0) is 97.1 Å². The molecule has 4 aromatic rings. The first-order chi connectivity index (χ1) is 18.4. The number of nitrogens with one attached hydrogen (secondary N) is 1. The minimum atomic E-state index is -0.293. The van der Waals surface area contributed by atoms with E-state index in [0.29, 0.717) is 36.0 Å². The molecule has 0 radical (unpaired) electrons. The van der Waals surface area contributed by atoms with Crippen molar-refractivity contribution in [3.63, 3.8) is 0 Å². The van der Waals surface area contributed by atoms with Crippen molar-refractivity contribution < 1.29 is 19.0 Å². The second-order valence-electron chi connectivity index (χ2n) is 8.07. The molecule has 38 heavy (non-hydrogen) atoms. The van der Waals surface area contributed by atoms with Crippen molar-refractivity contribution in [2.75, 3.05) is 7.11 Å². The highest BCUT2D eigenvalue weighted by molar-refractivity contribution is 9.11. The second kappa shape index (κ2) is 13.6. The van der Waals surface area contributed by atoms with Crippen molar-refractivity contribution >= 4 is 59.9 Å². The average molecular weight is 703 g/mol. The number of hydrogen-bond acceptors (Lipinski definition) is 5. The van der Waals surface area contributed by atoms with Gasteiger partial charge in [0, 0.05) is 10.0 Å². The molecule has 0 saturated heterocycles. The third-order valence-corrected chi connectivity index (χ3v) is 7.06. The average Bonchev–Trinajstić information content (AvgIpc) is 2.92. The Morgan fingerprint density at radius 1 is 0.816 bits per heavy atom. The first kappa shape index (κ1) is 27.9. The summed E-state index contributed by atoms with van der Waals surface area (Å²) >= 11 is 10.5. The molecule has 0 aliphatic heterocycles. The Balaban J connectivity index is 1.36. The number of rotatable bonds is 10. The molecular formula is C29H23Br3N2O4. The fraction of sp³-hybridized carbons (Fsp3) is 0.103. The maximum Gasteiger partial charge on any atom is 0.271 e. The predicted molar refractivity (Wildman–Crippen MR) is 159 cm³/mol. The minimum Gasteiger partial charge on any atom is -0.493 e. The number of halogens is 3. The third-order valence-electron chi connectivity index (χ3n) is 5.36. The molecule has 4 rings (SSSR count). The molecule has 0 heterocycles. The molecular weight excluding hydrogens is 680 g/mol. The van der Waals surface area contributed by atoms with Crippen LogP contribution in [0.5, 0.6) is 17.2 Å². The summed E-state index contributed by atoms with van der Waals surface area (Å²) in [4.78, 5) is 12.2. The molecule has 0 fully saturated rings. The highest BCUT2D eigenvalue weighted by atomic mass is 79.9. The molecule has 0 unspecified atom stereocenters. The summed E-state index contributed by atoms with van der Waals surface area (Å²) in [5, 5.41) is 4.06.